The van der Waals surface area contributed by atoms with Crippen LogP contribution in [0.2, 0.25) is 0 Å². The summed E-state index contributed by atoms with van der Waals surface area (Å²) in [5.41, 5.74) is 2.89. The van der Waals surface area contributed by atoms with E-state index in [1.165, 1.54) is 72.0 Å². The fourth-order valence-electron chi connectivity index (χ4n) is 5.88. The maximum absolute atomic E-state index is 6.63. The van der Waals surface area contributed by atoms with Crippen molar-refractivity contribution < 1.29 is 38.5 Å². The number of quaternary nitrogens is 2. The highest BCUT2D eigenvalue weighted by Gasteiger charge is 2.38. The Labute approximate surface area is 214 Å². The summed E-state index contributed by atoms with van der Waals surface area (Å²) in [4.78, 5) is 0. The van der Waals surface area contributed by atoms with Gasteiger partial charge >= 0.3 is 0 Å². The highest BCUT2D eigenvalue weighted by molar-refractivity contribution is 5.16. The zero-order valence-electron chi connectivity index (χ0n) is 20.5. The van der Waals surface area contributed by atoms with Gasteiger partial charge in [-0.3, -0.25) is 0 Å². The molecular weight excluding hydrogens is 451 g/mol. The van der Waals surface area contributed by atoms with E-state index in [1.54, 1.807) is 0 Å². The van der Waals surface area contributed by atoms with Gasteiger partial charge in [-0.15, -0.1) is 0 Å². The molecule has 2 atom stereocenters. The molecule has 0 amide bonds. The van der Waals surface area contributed by atoms with Crippen LogP contribution in [0.25, 0.3) is 0 Å². The molecule has 5 heteroatoms. The van der Waals surface area contributed by atoms with Gasteiger partial charge < -0.3 is 38.5 Å². The number of hydrogen-bond donors (Lipinski definition) is 0. The van der Waals surface area contributed by atoms with E-state index in [0.717, 1.165) is 26.1 Å². The first kappa shape index (κ1) is 28.1. The second-order valence-electron chi connectivity index (χ2n) is 10.5. The van der Waals surface area contributed by atoms with Gasteiger partial charge in [-0.2, -0.15) is 0 Å². The molecule has 3 nitrogen and oxygen atoms in total. The lowest BCUT2D eigenvalue weighted by molar-refractivity contribution is -0.926. The Balaban J connectivity index is 0.00000193. The maximum Gasteiger partial charge on any atom is 0.117 e. The highest BCUT2D eigenvalue weighted by atomic mass is 35.5. The standard InChI is InChI=1S/C28H42N2O.2ClH/c1-29(17-9-10-18-29)27(21-25-13-5-3-6-14-25)23-31-24-28(30(2)19-11-12-20-30)22-26-15-7-4-8-16-26;;/h3-8,13-16,27-28H,9-12,17-24H2,1-2H3;2*1H/q+2;;/p-2. The van der Waals surface area contributed by atoms with Crippen LogP contribution in [0.1, 0.15) is 36.8 Å². The van der Waals surface area contributed by atoms with Crippen molar-refractivity contribution >= 4 is 0 Å². The number of halogens is 2. The van der Waals surface area contributed by atoms with E-state index in [0.29, 0.717) is 12.1 Å². The van der Waals surface area contributed by atoms with Gasteiger partial charge in [0.15, 0.2) is 0 Å². The predicted octanol–water partition coefficient (Wildman–Crippen LogP) is -1.29. The highest BCUT2D eigenvalue weighted by Crippen LogP contribution is 2.26. The van der Waals surface area contributed by atoms with Gasteiger partial charge in [-0.25, -0.2) is 0 Å². The number of likely N-dealkylation sites (tertiary alicyclic amines) is 2. The third kappa shape index (κ3) is 7.44. The Morgan fingerprint density at radius 2 is 0.939 bits per heavy atom. The first-order valence-corrected chi connectivity index (χ1v) is 12.4. The van der Waals surface area contributed by atoms with Crippen molar-refractivity contribution in [1.82, 2.24) is 0 Å². The normalized spacial score (nSPS) is 20.4. The Morgan fingerprint density at radius 3 is 1.27 bits per heavy atom. The third-order valence-electron chi connectivity index (χ3n) is 8.19. The monoisotopic (exact) mass is 492 g/mol. The largest absolute Gasteiger partial charge is 1.00 e. The molecule has 2 fully saturated rings. The minimum Gasteiger partial charge on any atom is -1.00 e. The Hall–Kier alpha value is -1.10. The van der Waals surface area contributed by atoms with Gasteiger partial charge in [0.2, 0.25) is 0 Å². The van der Waals surface area contributed by atoms with E-state index in [1.807, 2.05) is 0 Å². The van der Waals surface area contributed by atoms with Crippen molar-refractivity contribution in [2.75, 3.05) is 53.5 Å². The van der Waals surface area contributed by atoms with Gasteiger partial charge in [0, 0.05) is 38.5 Å². The molecular formula is C28H42Cl2N2O. The molecule has 2 aromatic rings. The molecule has 2 unspecified atom stereocenters. The summed E-state index contributed by atoms with van der Waals surface area (Å²) >= 11 is 0. The molecule has 0 aromatic heterocycles. The van der Waals surface area contributed by atoms with E-state index >= 15 is 0 Å². The minimum absolute atomic E-state index is 0. The summed E-state index contributed by atoms with van der Waals surface area (Å²) in [6.07, 6.45) is 7.65. The summed E-state index contributed by atoms with van der Waals surface area (Å²) in [6, 6.07) is 23.2. The van der Waals surface area contributed by atoms with Gasteiger partial charge in [0.05, 0.1) is 53.5 Å². The molecule has 0 radical (unpaired) electrons. The summed E-state index contributed by atoms with van der Waals surface area (Å²) in [5, 5.41) is 0. The Morgan fingerprint density at radius 1 is 0.606 bits per heavy atom. The van der Waals surface area contributed by atoms with Crippen LogP contribution in [-0.4, -0.2) is 74.5 Å². The Bertz CT molecular complexity index is 723. The summed E-state index contributed by atoms with van der Waals surface area (Å²) < 4.78 is 8.97. The second-order valence-corrected chi connectivity index (χ2v) is 10.5. The summed E-state index contributed by atoms with van der Waals surface area (Å²) in [7, 11) is 4.92. The predicted molar refractivity (Wildman–Crippen MR) is 129 cm³/mol. The lowest BCUT2D eigenvalue weighted by atomic mass is 10.0. The zero-order chi connectivity index (χ0) is 21.6. The van der Waals surface area contributed by atoms with Crippen molar-refractivity contribution in [2.24, 2.45) is 0 Å². The number of benzene rings is 2. The van der Waals surface area contributed by atoms with Gasteiger partial charge in [0.25, 0.3) is 0 Å². The van der Waals surface area contributed by atoms with E-state index < -0.39 is 0 Å². The van der Waals surface area contributed by atoms with Crippen LogP contribution in [0.4, 0.5) is 0 Å². The smallest absolute Gasteiger partial charge is 0.117 e. The van der Waals surface area contributed by atoms with E-state index in [2.05, 4.69) is 74.8 Å². The quantitative estimate of drug-likeness (QED) is 0.375. The van der Waals surface area contributed by atoms with Crippen LogP contribution in [-0.2, 0) is 17.6 Å². The minimum atomic E-state index is 0. The van der Waals surface area contributed by atoms with Crippen molar-refractivity contribution in [1.29, 1.82) is 0 Å². The van der Waals surface area contributed by atoms with Crippen molar-refractivity contribution in [3.63, 3.8) is 0 Å². The van der Waals surface area contributed by atoms with Crippen LogP contribution in [0.3, 0.4) is 0 Å². The molecule has 0 bridgehead atoms. The third-order valence-corrected chi connectivity index (χ3v) is 8.19. The number of hydrogen-bond acceptors (Lipinski definition) is 1. The van der Waals surface area contributed by atoms with Gasteiger partial charge in [-0.1, -0.05) is 60.7 Å². The SMILES string of the molecule is C[N+]1(C(COCC(Cc2ccccc2)[N+]2(C)CCCC2)Cc2ccccc2)CCCC1.[Cl-].[Cl-]. The zero-order valence-corrected chi connectivity index (χ0v) is 22.0. The van der Waals surface area contributed by atoms with Crippen molar-refractivity contribution in [3.05, 3.63) is 71.8 Å². The summed E-state index contributed by atoms with van der Waals surface area (Å²) in [6.45, 7) is 6.92. The molecule has 2 saturated heterocycles. The molecule has 2 aliphatic heterocycles. The average Bonchev–Trinajstić information content (AvgIpc) is 3.44. The number of ether oxygens (including phenoxy) is 1. The summed E-state index contributed by atoms with van der Waals surface area (Å²) in [5.74, 6) is 0. The first-order valence-electron chi connectivity index (χ1n) is 12.4. The fourth-order valence-corrected chi connectivity index (χ4v) is 5.88. The molecule has 0 aliphatic carbocycles. The number of likely N-dealkylation sites (N-methyl/N-ethyl adjacent to an activating group) is 2. The van der Waals surface area contributed by atoms with E-state index in [-0.39, 0.29) is 24.8 Å². The van der Waals surface area contributed by atoms with Crippen LogP contribution >= 0.6 is 0 Å². The topological polar surface area (TPSA) is 9.23 Å². The lowest BCUT2D eigenvalue weighted by Gasteiger charge is -2.40. The average molecular weight is 494 g/mol. The van der Waals surface area contributed by atoms with Gasteiger partial charge in [-0.05, 0) is 11.1 Å². The van der Waals surface area contributed by atoms with Crippen LogP contribution in [0, 0.1) is 0 Å². The molecule has 2 aliphatic rings. The van der Waals surface area contributed by atoms with Crippen LogP contribution in [0.15, 0.2) is 60.7 Å². The van der Waals surface area contributed by atoms with E-state index in [4.69, 9.17) is 4.74 Å². The van der Waals surface area contributed by atoms with Crippen LogP contribution < -0.4 is 24.8 Å². The first-order chi connectivity index (χ1) is 15.1. The molecule has 2 aromatic carbocycles. The number of nitrogens with zero attached hydrogens (tertiary/aromatic N) is 2. The molecule has 184 valence electrons. The molecule has 2 heterocycles. The van der Waals surface area contributed by atoms with E-state index in [9.17, 15) is 0 Å². The second kappa shape index (κ2) is 13.1. The molecule has 0 saturated carbocycles. The van der Waals surface area contributed by atoms with Crippen molar-refractivity contribution in [3.8, 4) is 0 Å². The Kier molecular flexibility index (Phi) is 11.2. The van der Waals surface area contributed by atoms with Gasteiger partial charge in [0.1, 0.15) is 12.1 Å². The van der Waals surface area contributed by atoms with Crippen molar-refractivity contribution in [2.45, 2.75) is 50.6 Å². The van der Waals surface area contributed by atoms with Crippen LogP contribution in [0.5, 0.6) is 0 Å². The fraction of sp³-hybridized carbons (Fsp3) is 0.571. The lowest BCUT2D eigenvalue weighted by Crippen LogP contribution is -3.00. The molecule has 0 spiro atoms. The number of rotatable bonds is 10. The molecule has 4 rings (SSSR count). The maximum atomic E-state index is 6.63. The molecule has 0 N–H and O–H groups in total. The molecule has 33 heavy (non-hydrogen) atoms.